The molecule has 6 unspecified atom stereocenters. The average Bonchev–Trinajstić information content (AvgIpc) is 2.23. The number of esters is 1. The van der Waals surface area contributed by atoms with Gasteiger partial charge in [0.25, 0.3) is 0 Å². The van der Waals surface area contributed by atoms with Crippen molar-refractivity contribution in [1.29, 1.82) is 0 Å². The van der Waals surface area contributed by atoms with Crippen LogP contribution in [0.2, 0.25) is 0 Å². The topological polar surface area (TPSA) is 127 Å². The number of aliphatic hydroxyl groups excluding tert-OH is 5. The first-order valence-corrected chi connectivity index (χ1v) is 5.42. The van der Waals surface area contributed by atoms with Gasteiger partial charge >= 0.3 is 5.97 Å². The van der Waals surface area contributed by atoms with Crippen molar-refractivity contribution >= 4 is 5.97 Å². The van der Waals surface area contributed by atoms with E-state index in [9.17, 15) is 30.3 Å². The van der Waals surface area contributed by atoms with E-state index in [1.165, 1.54) is 6.92 Å². The average molecular weight is 250 g/mol. The van der Waals surface area contributed by atoms with Gasteiger partial charge in [0.2, 0.25) is 0 Å². The number of aliphatic hydroxyl groups is 5. The van der Waals surface area contributed by atoms with E-state index < -0.39 is 49.0 Å². The SMILES string of the molecule is CC1CC(O)C(O)C(O)C(O)C(O)CC(=O)O1. The summed E-state index contributed by atoms with van der Waals surface area (Å²) < 4.78 is 4.84. The van der Waals surface area contributed by atoms with E-state index >= 15 is 0 Å². The van der Waals surface area contributed by atoms with E-state index in [2.05, 4.69) is 0 Å². The molecule has 1 heterocycles. The van der Waals surface area contributed by atoms with Gasteiger partial charge in [-0.2, -0.15) is 0 Å². The Morgan fingerprint density at radius 1 is 1.00 bits per heavy atom. The molecule has 0 aromatic rings. The van der Waals surface area contributed by atoms with Gasteiger partial charge in [0.1, 0.15) is 24.4 Å². The molecule has 1 rings (SSSR count). The number of rotatable bonds is 0. The highest BCUT2D eigenvalue weighted by atomic mass is 16.5. The summed E-state index contributed by atoms with van der Waals surface area (Å²) in [7, 11) is 0. The number of carbonyl (C=O) groups is 1. The highest BCUT2D eigenvalue weighted by molar-refractivity contribution is 5.70. The van der Waals surface area contributed by atoms with Crippen LogP contribution in [0, 0.1) is 0 Å². The molecule has 0 bridgehead atoms. The fraction of sp³-hybridized carbons (Fsp3) is 0.900. The predicted molar refractivity (Wildman–Crippen MR) is 54.8 cm³/mol. The maximum Gasteiger partial charge on any atom is 0.308 e. The largest absolute Gasteiger partial charge is 0.462 e. The van der Waals surface area contributed by atoms with Gasteiger partial charge in [0, 0.05) is 6.42 Å². The molecule has 7 heteroatoms. The maximum absolute atomic E-state index is 11.2. The molecule has 0 radical (unpaired) electrons. The Morgan fingerprint density at radius 2 is 1.53 bits per heavy atom. The van der Waals surface area contributed by atoms with Gasteiger partial charge in [-0.05, 0) is 6.92 Å². The monoisotopic (exact) mass is 250 g/mol. The molecule has 0 spiro atoms. The summed E-state index contributed by atoms with van der Waals surface area (Å²) in [6.07, 6.45) is -9.16. The van der Waals surface area contributed by atoms with E-state index in [1.54, 1.807) is 0 Å². The molecule has 100 valence electrons. The lowest BCUT2D eigenvalue weighted by Crippen LogP contribution is -2.51. The van der Waals surface area contributed by atoms with Crippen LogP contribution in [0.4, 0.5) is 0 Å². The third-order valence-corrected chi connectivity index (χ3v) is 2.77. The summed E-state index contributed by atoms with van der Waals surface area (Å²) in [5.74, 6) is -0.736. The van der Waals surface area contributed by atoms with Gasteiger partial charge in [0.05, 0.1) is 18.6 Å². The number of cyclic esters (lactones) is 1. The first kappa shape index (κ1) is 14.3. The third-order valence-electron chi connectivity index (χ3n) is 2.77. The van der Waals surface area contributed by atoms with Gasteiger partial charge in [-0.3, -0.25) is 4.79 Å². The summed E-state index contributed by atoms with van der Waals surface area (Å²) in [4.78, 5) is 11.2. The molecule has 1 aliphatic rings. The molecule has 1 fully saturated rings. The van der Waals surface area contributed by atoms with Crippen molar-refractivity contribution in [2.24, 2.45) is 0 Å². The minimum Gasteiger partial charge on any atom is -0.462 e. The maximum atomic E-state index is 11.2. The fourth-order valence-electron chi connectivity index (χ4n) is 1.75. The molecule has 0 aromatic heterocycles. The van der Waals surface area contributed by atoms with Crippen molar-refractivity contribution in [3.8, 4) is 0 Å². The molecule has 0 saturated carbocycles. The van der Waals surface area contributed by atoms with Gasteiger partial charge in [0.15, 0.2) is 0 Å². The van der Waals surface area contributed by atoms with Crippen LogP contribution in [0.25, 0.3) is 0 Å². The third kappa shape index (κ3) is 3.62. The summed E-state index contributed by atoms with van der Waals surface area (Å²) in [5, 5.41) is 47.5. The van der Waals surface area contributed by atoms with E-state index in [0.29, 0.717) is 0 Å². The van der Waals surface area contributed by atoms with E-state index in [0.717, 1.165) is 0 Å². The first-order valence-electron chi connectivity index (χ1n) is 5.42. The van der Waals surface area contributed by atoms with Crippen LogP contribution in [0.3, 0.4) is 0 Å². The fourth-order valence-corrected chi connectivity index (χ4v) is 1.75. The molecule has 6 atom stereocenters. The second-order valence-electron chi connectivity index (χ2n) is 4.35. The van der Waals surface area contributed by atoms with Crippen molar-refractivity contribution < 1.29 is 35.1 Å². The van der Waals surface area contributed by atoms with E-state index in [4.69, 9.17) is 4.74 Å². The molecule has 5 N–H and O–H groups in total. The summed E-state index contributed by atoms with van der Waals surface area (Å²) >= 11 is 0. The smallest absolute Gasteiger partial charge is 0.308 e. The second-order valence-corrected chi connectivity index (χ2v) is 4.35. The quantitative estimate of drug-likeness (QED) is 0.301. The lowest BCUT2D eigenvalue weighted by molar-refractivity contribution is -0.170. The Hall–Kier alpha value is -0.730. The molecule has 1 saturated heterocycles. The Kier molecular flexibility index (Phi) is 4.84. The Morgan fingerprint density at radius 3 is 2.12 bits per heavy atom. The molecule has 0 aliphatic carbocycles. The predicted octanol–water partition coefficient (Wildman–Crippen LogP) is -2.48. The Labute approximate surface area is 98.3 Å². The highest BCUT2D eigenvalue weighted by Crippen LogP contribution is 2.17. The molecule has 7 nitrogen and oxygen atoms in total. The number of hydrogen-bond acceptors (Lipinski definition) is 7. The minimum atomic E-state index is -1.72. The second kappa shape index (κ2) is 5.74. The lowest BCUT2D eigenvalue weighted by atomic mass is 9.94. The summed E-state index contributed by atoms with van der Waals surface area (Å²) in [6, 6.07) is 0. The number of carbonyl (C=O) groups excluding carboxylic acids is 1. The van der Waals surface area contributed by atoms with Crippen molar-refractivity contribution in [3.05, 3.63) is 0 Å². The zero-order chi connectivity index (χ0) is 13.2. The van der Waals surface area contributed by atoms with Crippen LogP contribution < -0.4 is 0 Å². The van der Waals surface area contributed by atoms with Gasteiger partial charge in [-0.15, -0.1) is 0 Å². The van der Waals surface area contributed by atoms with Crippen molar-refractivity contribution in [1.82, 2.24) is 0 Å². The van der Waals surface area contributed by atoms with Crippen LogP contribution in [0.5, 0.6) is 0 Å². The Bertz CT molecular complexity index is 269. The van der Waals surface area contributed by atoms with Crippen LogP contribution in [0.15, 0.2) is 0 Å². The molecule has 1 aliphatic heterocycles. The standard InChI is InChI=1S/C10H18O7/c1-4-2-5(11)8(14)10(16)9(15)6(12)3-7(13)17-4/h4-6,8-12,14-16H,2-3H2,1H3. The number of ether oxygens (including phenoxy) is 1. The van der Waals surface area contributed by atoms with Crippen molar-refractivity contribution in [3.63, 3.8) is 0 Å². The summed E-state index contributed by atoms with van der Waals surface area (Å²) in [5.41, 5.74) is 0. The highest BCUT2D eigenvalue weighted by Gasteiger charge is 2.37. The van der Waals surface area contributed by atoms with E-state index in [1.807, 2.05) is 0 Å². The minimum absolute atomic E-state index is 0.0627. The van der Waals surface area contributed by atoms with E-state index in [-0.39, 0.29) is 6.42 Å². The summed E-state index contributed by atoms with van der Waals surface area (Å²) in [6.45, 7) is 1.52. The normalized spacial score (nSPS) is 45.2. The number of hydrogen-bond donors (Lipinski definition) is 5. The molecule has 0 aromatic carbocycles. The van der Waals surface area contributed by atoms with Crippen LogP contribution >= 0.6 is 0 Å². The lowest BCUT2D eigenvalue weighted by Gasteiger charge is -2.31. The van der Waals surface area contributed by atoms with Gasteiger partial charge in [-0.25, -0.2) is 0 Å². The van der Waals surface area contributed by atoms with Gasteiger partial charge < -0.3 is 30.3 Å². The van der Waals surface area contributed by atoms with Crippen LogP contribution in [0.1, 0.15) is 19.8 Å². The van der Waals surface area contributed by atoms with Gasteiger partial charge in [-0.1, -0.05) is 0 Å². The van der Waals surface area contributed by atoms with Crippen molar-refractivity contribution in [2.45, 2.75) is 56.4 Å². The molecular weight excluding hydrogens is 232 g/mol. The zero-order valence-electron chi connectivity index (χ0n) is 9.43. The van der Waals surface area contributed by atoms with Crippen LogP contribution in [-0.4, -0.2) is 68.1 Å². The molecular formula is C10H18O7. The van der Waals surface area contributed by atoms with Crippen molar-refractivity contribution in [2.75, 3.05) is 0 Å². The molecule has 0 amide bonds. The first-order chi connectivity index (χ1) is 7.82. The Balaban J connectivity index is 2.83. The molecule has 17 heavy (non-hydrogen) atoms. The zero-order valence-corrected chi connectivity index (χ0v) is 9.43. The van der Waals surface area contributed by atoms with Crippen LogP contribution in [-0.2, 0) is 9.53 Å².